The van der Waals surface area contributed by atoms with Gasteiger partial charge in [-0.1, -0.05) is 6.07 Å². The summed E-state index contributed by atoms with van der Waals surface area (Å²) < 4.78 is 60.0. The van der Waals surface area contributed by atoms with Crippen LogP contribution in [-0.2, 0) is 14.3 Å². The van der Waals surface area contributed by atoms with Gasteiger partial charge in [-0.3, -0.25) is 19.1 Å². The average Bonchev–Trinajstić information content (AvgIpc) is 3.98. The number of amides is 4. The molecule has 2 aromatic rings. The summed E-state index contributed by atoms with van der Waals surface area (Å²) in [5.74, 6) is -3.67. The second-order valence-electron chi connectivity index (χ2n) is 14.4. The van der Waals surface area contributed by atoms with Crippen molar-refractivity contribution < 1.29 is 41.5 Å². The van der Waals surface area contributed by atoms with Crippen LogP contribution in [0.4, 0.5) is 28.0 Å². The van der Waals surface area contributed by atoms with Gasteiger partial charge in [0.15, 0.2) is 0 Å². The van der Waals surface area contributed by atoms with Crippen LogP contribution in [-0.4, -0.2) is 75.9 Å². The summed E-state index contributed by atoms with van der Waals surface area (Å²) in [5, 5.41) is 11.7. The van der Waals surface area contributed by atoms with E-state index in [9.17, 15) is 32.3 Å². The van der Waals surface area contributed by atoms with Crippen molar-refractivity contribution in [3.63, 3.8) is 0 Å². The van der Waals surface area contributed by atoms with Crippen molar-refractivity contribution in [2.24, 2.45) is 17.8 Å². The lowest BCUT2D eigenvalue weighted by atomic mass is 9.88. The van der Waals surface area contributed by atoms with Gasteiger partial charge in [0.1, 0.15) is 29.7 Å². The van der Waals surface area contributed by atoms with E-state index in [0.717, 1.165) is 31.7 Å². The van der Waals surface area contributed by atoms with E-state index in [1.54, 1.807) is 41.7 Å². The first-order valence-electron chi connectivity index (χ1n) is 16.8. The molecular weight excluding hydrogens is 648 g/mol. The molecule has 1 unspecified atom stereocenters. The number of hydrogen-bond acceptors (Lipinski definition) is 6. The lowest BCUT2D eigenvalue weighted by molar-refractivity contribution is -0.139. The van der Waals surface area contributed by atoms with Crippen LogP contribution in [0.15, 0.2) is 30.5 Å². The van der Waals surface area contributed by atoms with Crippen LogP contribution >= 0.6 is 0 Å². The molecule has 1 aromatic heterocycles. The number of carbonyl (C=O) groups is 4. The fraction of sp³-hybridized carbons (Fsp3) is 0.618. The number of hydrogen-bond donors (Lipinski definition) is 3. The third-order valence-corrected chi connectivity index (χ3v) is 9.19. The largest absolute Gasteiger partial charge is 0.444 e. The van der Waals surface area contributed by atoms with Gasteiger partial charge in [-0.25, -0.2) is 9.18 Å². The molecule has 2 heterocycles. The molecule has 3 atom stereocenters. The van der Waals surface area contributed by atoms with E-state index in [4.69, 9.17) is 4.74 Å². The Morgan fingerprint density at radius 1 is 1.00 bits per heavy atom. The van der Waals surface area contributed by atoms with Gasteiger partial charge in [0.25, 0.3) is 5.91 Å². The number of likely N-dealkylation sites (tertiary alicyclic amines) is 1. The molecule has 1 aliphatic heterocycles. The van der Waals surface area contributed by atoms with Crippen LogP contribution in [0.1, 0.15) is 94.2 Å². The Kier molecular flexibility index (Phi) is 10.6. The summed E-state index contributed by atoms with van der Waals surface area (Å²) in [6.45, 7) is 6.04. The first-order valence-corrected chi connectivity index (χ1v) is 16.8. The predicted octanol–water partition coefficient (Wildman–Crippen LogP) is 5.55. The molecule has 4 amide bonds. The molecule has 1 saturated heterocycles. The number of nitrogens with one attached hydrogen (secondary N) is 3. The number of alkyl halides is 3. The molecule has 5 rings (SSSR count). The fourth-order valence-corrected chi connectivity index (χ4v) is 6.48. The SMILES string of the molecule is C[C@H](C(=O)NCC(F)(F)F)c1ccc(NC(=O)[C@@H](NC(=O)c2ccnn2C2CCCN(C(=O)OC(C)(C)C)C2)C(C2CC2)C2CC2)c(F)c1. The molecule has 11 nitrogen and oxygen atoms in total. The third-order valence-electron chi connectivity index (χ3n) is 9.19. The summed E-state index contributed by atoms with van der Waals surface area (Å²) in [6.07, 6.45) is 1.49. The number of aromatic nitrogens is 2. The number of anilines is 1. The molecule has 268 valence electrons. The molecular formula is C34H44F4N6O5. The lowest BCUT2D eigenvalue weighted by Crippen LogP contribution is -2.50. The van der Waals surface area contributed by atoms with Gasteiger partial charge >= 0.3 is 12.3 Å². The number of carbonyl (C=O) groups excluding carboxylic acids is 4. The molecule has 2 aliphatic carbocycles. The van der Waals surface area contributed by atoms with Crippen molar-refractivity contribution in [3.05, 3.63) is 47.5 Å². The average molecular weight is 693 g/mol. The lowest BCUT2D eigenvalue weighted by Gasteiger charge is -2.34. The van der Waals surface area contributed by atoms with Gasteiger partial charge in [-0.2, -0.15) is 18.3 Å². The monoisotopic (exact) mass is 692 g/mol. The Hall–Kier alpha value is -4.17. The summed E-state index contributed by atoms with van der Waals surface area (Å²) >= 11 is 0. The summed E-state index contributed by atoms with van der Waals surface area (Å²) in [5.41, 5.74) is -0.478. The Morgan fingerprint density at radius 2 is 1.67 bits per heavy atom. The molecule has 0 spiro atoms. The van der Waals surface area contributed by atoms with E-state index in [2.05, 4.69) is 15.7 Å². The first kappa shape index (κ1) is 36.1. The van der Waals surface area contributed by atoms with Crippen LogP contribution in [0.2, 0.25) is 0 Å². The zero-order valence-corrected chi connectivity index (χ0v) is 28.1. The second-order valence-corrected chi connectivity index (χ2v) is 14.4. The van der Waals surface area contributed by atoms with Gasteiger partial charge in [0.05, 0.1) is 17.6 Å². The highest BCUT2D eigenvalue weighted by Gasteiger charge is 2.48. The van der Waals surface area contributed by atoms with E-state index < -0.39 is 59.9 Å². The van der Waals surface area contributed by atoms with Gasteiger partial charge in [-0.05, 0) is 108 Å². The molecule has 0 radical (unpaired) electrons. The standard InChI is InChI=1S/C34H44F4N6O5/c1-19(29(45)39-18-34(36,37)38)22-11-12-25(24(35)16-22)41-31(47)28(27(20-7-8-20)21-9-10-21)42-30(46)26-13-14-40-44(26)23-6-5-15-43(17-23)32(48)49-33(2,3)4/h11-14,16,19-21,23,27-28H,5-10,15,17-18H2,1-4H3,(H,39,45)(H,41,47)(H,42,46)/t19-,23?,28-/m0/s1. The maximum Gasteiger partial charge on any atom is 0.410 e. The molecule has 2 saturated carbocycles. The van der Waals surface area contributed by atoms with Crippen molar-refractivity contribution in [1.29, 1.82) is 0 Å². The normalized spacial score (nSPS) is 19.6. The first-order chi connectivity index (χ1) is 23.0. The summed E-state index contributed by atoms with van der Waals surface area (Å²) in [7, 11) is 0. The number of piperidine rings is 1. The van der Waals surface area contributed by atoms with Crippen molar-refractivity contribution >= 4 is 29.5 Å². The maximum atomic E-state index is 15.3. The van der Waals surface area contributed by atoms with Gasteiger partial charge in [-0.15, -0.1) is 0 Å². The minimum atomic E-state index is -4.59. The Labute approximate surface area is 282 Å². The quantitative estimate of drug-likeness (QED) is 0.265. The molecule has 3 N–H and O–H groups in total. The van der Waals surface area contributed by atoms with Crippen LogP contribution in [0.5, 0.6) is 0 Å². The van der Waals surface area contributed by atoms with Gasteiger partial charge < -0.3 is 25.6 Å². The van der Waals surface area contributed by atoms with Crippen LogP contribution in [0.25, 0.3) is 0 Å². The zero-order chi connectivity index (χ0) is 35.7. The molecule has 3 aliphatic rings. The van der Waals surface area contributed by atoms with Crippen molar-refractivity contribution in [2.45, 2.75) is 96.0 Å². The minimum Gasteiger partial charge on any atom is -0.444 e. The molecule has 15 heteroatoms. The number of ether oxygens (including phenoxy) is 1. The molecule has 3 fully saturated rings. The number of halogens is 4. The van der Waals surface area contributed by atoms with E-state index in [0.29, 0.717) is 25.9 Å². The maximum absolute atomic E-state index is 15.3. The van der Waals surface area contributed by atoms with Gasteiger partial charge in [0.2, 0.25) is 11.8 Å². The van der Waals surface area contributed by atoms with Crippen molar-refractivity contribution in [2.75, 3.05) is 25.0 Å². The Balaban J connectivity index is 1.30. The summed E-state index contributed by atoms with van der Waals surface area (Å²) in [4.78, 5) is 54.3. The fourth-order valence-electron chi connectivity index (χ4n) is 6.48. The highest BCUT2D eigenvalue weighted by Crippen LogP contribution is 2.51. The third kappa shape index (κ3) is 9.50. The van der Waals surface area contributed by atoms with E-state index >= 15 is 4.39 Å². The Morgan fingerprint density at radius 3 is 2.27 bits per heavy atom. The van der Waals surface area contributed by atoms with E-state index in [1.807, 2.05) is 0 Å². The summed E-state index contributed by atoms with van der Waals surface area (Å²) in [6, 6.07) is 3.91. The van der Waals surface area contributed by atoms with E-state index in [-0.39, 0.29) is 40.7 Å². The highest BCUT2D eigenvalue weighted by atomic mass is 19.4. The predicted molar refractivity (Wildman–Crippen MR) is 171 cm³/mol. The number of nitrogens with zero attached hydrogens (tertiary/aromatic N) is 3. The zero-order valence-electron chi connectivity index (χ0n) is 28.1. The van der Waals surface area contributed by atoms with Crippen LogP contribution in [0, 0.1) is 23.6 Å². The number of rotatable bonds is 11. The topological polar surface area (TPSA) is 135 Å². The second kappa shape index (κ2) is 14.4. The van der Waals surface area contributed by atoms with Gasteiger partial charge in [0, 0.05) is 19.3 Å². The van der Waals surface area contributed by atoms with E-state index in [1.165, 1.54) is 25.3 Å². The Bertz CT molecular complexity index is 1540. The number of benzene rings is 1. The van der Waals surface area contributed by atoms with Crippen LogP contribution < -0.4 is 16.0 Å². The smallest absolute Gasteiger partial charge is 0.410 e. The van der Waals surface area contributed by atoms with Crippen LogP contribution in [0.3, 0.4) is 0 Å². The minimum absolute atomic E-state index is 0.134. The van der Waals surface area contributed by atoms with Crippen molar-refractivity contribution in [3.8, 4) is 0 Å². The highest BCUT2D eigenvalue weighted by molar-refractivity contribution is 6.01. The van der Waals surface area contributed by atoms with Crippen molar-refractivity contribution in [1.82, 2.24) is 25.3 Å². The molecule has 1 aromatic carbocycles. The molecule has 0 bridgehead atoms. The molecule has 49 heavy (non-hydrogen) atoms.